The Kier molecular flexibility index (Phi) is 28.2. The highest BCUT2D eigenvalue weighted by molar-refractivity contribution is 9.08. The summed E-state index contributed by atoms with van der Waals surface area (Å²) >= 11 is 3.36. The lowest BCUT2D eigenvalue weighted by Gasteiger charge is -2.22. The molecule has 192 valence electrons. The van der Waals surface area contributed by atoms with E-state index in [0.717, 1.165) is 9.81 Å². The molecule has 5 heteroatoms. The normalized spacial score (nSPS) is 10.1. The second-order valence-electron chi connectivity index (χ2n) is 9.03. The molecule has 0 unspecified atom stereocenters. The van der Waals surface area contributed by atoms with Gasteiger partial charge in [-0.05, 0) is 37.0 Å². The van der Waals surface area contributed by atoms with Crippen LogP contribution in [-0.2, 0) is 5.33 Å². The molecule has 0 fully saturated rings. The van der Waals surface area contributed by atoms with E-state index in [1.165, 1.54) is 69.4 Å². The van der Waals surface area contributed by atoms with Crippen molar-refractivity contribution in [2.24, 2.45) is 0 Å². The van der Waals surface area contributed by atoms with Crippen molar-refractivity contribution in [3.05, 3.63) is 66.2 Å². The molecule has 0 radical (unpaired) electrons. The van der Waals surface area contributed by atoms with Crippen molar-refractivity contribution in [3.63, 3.8) is 0 Å². The molecule has 0 aliphatic carbocycles. The van der Waals surface area contributed by atoms with Gasteiger partial charge in [0, 0.05) is 5.33 Å². The first-order valence-electron chi connectivity index (χ1n) is 12.2. The van der Waals surface area contributed by atoms with E-state index >= 15 is 0 Å². The minimum absolute atomic E-state index is 0. The predicted octanol–water partition coefficient (Wildman–Crippen LogP) is 0.744. The van der Waals surface area contributed by atoms with Gasteiger partial charge in [0.15, 0.2) is 0 Å². The number of alkyl halides is 1. The van der Waals surface area contributed by atoms with E-state index in [4.69, 9.17) is 0 Å². The zero-order valence-electron chi connectivity index (χ0n) is 21.9. The molecule has 2 aromatic rings. The van der Waals surface area contributed by atoms with Gasteiger partial charge < -0.3 is 38.9 Å². The largest absolute Gasteiger partial charge is 1.00 e. The van der Waals surface area contributed by atoms with E-state index in [1.807, 2.05) is 29.2 Å². The molecule has 1 N–H and O–H groups in total. The van der Waals surface area contributed by atoms with Crippen molar-refractivity contribution in [3.8, 4) is 0 Å². The second kappa shape index (κ2) is 24.9. The van der Waals surface area contributed by atoms with Crippen LogP contribution < -0.4 is 43.3 Å². The van der Waals surface area contributed by atoms with Gasteiger partial charge in [0.2, 0.25) is 0 Å². The number of unbranched alkanes of at least 4 members (excludes halogenated alkanes) is 3. The summed E-state index contributed by atoms with van der Waals surface area (Å²) in [4.78, 5) is 1.84. The second-order valence-corrected chi connectivity index (χ2v) is 9.59. The van der Waals surface area contributed by atoms with Crippen LogP contribution in [0.15, 0.2) is 60.7 Å². The zero-order valence-corrected chi connectivity index (χ0v) is 26.7. The van der Waals surface area contributed by atoms with Gasteiger partial charge in [-0.3, -0.25) is 4.48 Å². The van der Waals surface area contributed by atoms with Gasteiger partial charge in [-0.1, -0.05) is 104 Å². The molecule has 0 saturated carbocycles. The summed E-state index contributed by atoms with van der Waals surface area (Å²) in [7, 11) is 6.49. The quantitative estimate of drug-likeness (QED) is 0.270. The van der Waals surface area contributed by atoms with E-state index in [2.05, 4.69) is 94.2 Å². The van der Waals surface area contributed by atoms with Crippen LogP contribution in [0.3, 0.4) is 0 Å². The highest BCUT2D eigenvalue weighted by atomic mass is 79.9. The third-order valence-electron chi connectivity index (χ3n) is 5.18. The summed E-state index contributed by atoms with van der Waals surface area (Å²) in [6.07, 6.45) is 8.26. The molecule has 0 amide bonds. The molecular weight excluding hydrogens is 604 g/mol. The Morgan fingerprint density at radius 1 is 0.636 bits per heavy atom. The fourth-order valence-electron chi connectivity index (χ4n) is 3.10. The molecule has 33 heavy (non-hydrogen) atoms. The van der Waals surface area contributed by atoms with Gasteiger partial charge in [-0.2, -0.15) is 0 Å². The van der Waals surface area contributed by atoms with Crippen LogP contribution >= 0.6 is 15.9 Å². The Hall–Kier alpha value is -0.200. The number of nitrogens with zero attached hydrogens (tertiary/aromatic N) is 1. The van der Waals surface area contributed by atoms with Crippen molar-refractivity contribution in [1.29, 1.82) is 0 Å². The molecule has 2 rings (SSSR count). The van der Waals surface area contributed by atoms with Crippen LogP contribution in [0.2, 0.25) is 0 Å². The molecule has 0 aromatic heterocycles. The van der Waals surface area contributed by atoms with E-state index in [1.54, 1.807) is 0 Å². The van der Waals surface area contributed by atoms with Crippen molar-refractivity contribution in [2.45, 2.75) is 64.6 Å². The molecule has 2 aromatic carbocycles. The minimum Gasteiger partial charge on any atom is -1.00 e. The molecule has 0 bridgehead atoms. The van der Waals surface area contributed by atoms with Crippen LogP contribution in [0.4, 0.5) is 5.69 Å². The third kappa shape index (κ3) is 22.0. The summed E-state index contributed by atoms with van der Waals surface area (Å²) < 4.78 is 0.890. The number of hydrogen-bond donors (Lipinski definition) is 1. The van der Waals surface area contributed by atoms with Gasteiger partial charge in [-0.15, -0.1) is 0 Å². The predicted molar refractivity (Wildman–Crippen MR) is 145 cm³/mol. The maximum Gasteiger partial charge on any atom is 0.132 e. The summed E-state index contributed by atoms with van der Waals surface area (Å²) in [6.45, 7) is 11.1. The summed E-state index contributed by atoms with van der Waals surface area (Å²) in [5, 5.41) is 0.952. The minimum atomic E-state index is 0. The number of benzene rings is 2. The average molecular weight is 653 g/mol. The number of quaternary nitrogens is 2. The Morgan fingerprint density at radius 3 is 1.24 bits per heavy atom. The smallest absolute Gasteiger partial charge is 0.132 e. The summed E-state index contributed by atoms with van der Waals surface area (Å²) in [6, 6.07) is 20.7. The SMILES string of the molecule is BrCc1ccccc1.CCCC[NH+](CCCC)CCCC.C[N+](C)(C)c1ccccc1.[Br-].[Br-]. The highest BCUT2D eigenvalue weighted by Crippen LogP contribution is 2.14. The van der Waals surface area contributed by atoms with Crippen molar-refractivity contribution >= 4 is 21.6 Å². The molecule has 0 heterocycles. The lowest BCUT2D eigenvalue weighted by Crippen LogP contribution is -3.12. The standard InChI is InChI=1S/C12H27N.C9H14N.C7H7Br.2BrH/c1-4-7-10-13(11-8-5-2)12-9-6-3;1-10(2,3)9-7-5-4-6-8-9;8-6-7-4-2-1-3-5-7;;/h4-12H2,1-3H3;4-8H,1-3H3;1-5H,6H2;2*1H/q;+1;;;/p-1. The van der Waals surface area contributed by atoms with Gasteiger partial charge in [0.1, 0.15) is 5.69 Å². The van der Waals surface area contributed by atoms with Crippen molar-refractivity contribution < 1.29 is 38.9 Å². The fraction of sp³-hybridized carbons (Fsp3) is 0.571. The van der Waals surface area contributed by atoms with Crippen LogP contribution in [0.1, 0.15) is 64.9 Å². The number of rotatable bonds is 11. The first kappa shape index (κ1) is 37.4. The van der Waals surface area contributed by atoms with Crippen LogP contribution in [-0.4, -0.2) is 40.8 Å². The number of nitrogens with one attached hydrogen (secondary N) is 1. The summed E-state index contributed by atoms with van der Waals surface area (Å²) in [5.74, 6) is 0. The highest BCUT2D eigenvalue weighted by Gasteiger charge is 2.09. The lowest BCUT2D eigenvalue weighted by molar-refractivity contribution is -0.900. The van der Waals surface area contributed by atoms with Crippen molar-refractivity contribution in [2.75, 3.05) is 40.8 Å². The van der Waals surface area contributed by atoms with Crippen LogP contribution in [0.5, 0.6) is 0 Å². The van der Waals surface area contributed by atoms with Gasteiger partial charge in [0.25, 0.3) is 0 Å². The molecule has 0 atom stereocenters. The zero-order chi connectivity index (χ0) is 23.4. The van der Waals surface area contributed by atoms with Crippen LogP contribution in [0, 0.1) is 0 Å². The van der Waals surface area contributed by atoms with Crippen LogP contribution in [0.25, 0.3) is 0 Å². The molecule has 0 spiro atoms. The van der Waals surface area contributed by atoms with E-state index in [9.17, 15) is 0 Å². The van der Waals surface area contributed by atoms with E-state index in [0.29, 0.717) is 0 Å². The molecular formula is C28H49Br3N2. The monoisotopic (exact) mass is 650 g/mol. The number of hydrogen-bond acceptors (Lipinski definition) is 0. The Bertz CT molecular complexity index is 597. The third-order valence-corrected chi connectivity index (χ3v) is 5.83. The summed E-state index contributed by atoms with van der Waals surface area (Å²) in [5.41, 5.74) is 2.66. The van der Waals surface area contributed by atoms with Crippen molar-refractivity contribution in [1.82, 2.24) is 4.48 Å². The Labute approximate surface area is 235 Å². The fourth-order valence-corrected chi connectivity index (χ4v) is 3.47. The van der Waals surface area contributed by atoms with Gasteiger partial charge >= 0.3 is 0 Å². The van der Waals surface area contributed by atoms with E-state index in [-0.39, 0.29) is 34.0 Å². The maximum atomic E-state index is 3.36. The van der Waals surface area contributed by atoms with Gasteiger partial charge in [-0.25, -0.2) is 0 Å². The maximum absolute atomic E-state index is 3.36. The van der Waals surface area contributed by atoms with Gasteiger partial charge in [0.05, 0.1) is 40.8 Å². The lowest BCUT2D eigenvalue weighted by atomic mass is 10.2. The first-order valence-corrected chi connectivity index (χ1v) is 13.3. The molecule has 0 aliphatic heterocycles. The number of halogens is 3. The Morgan fingerprint density at radius 2 is 1.00 bits per heavy atom. The average Bonchev–Trinajstić information content (AvgIpc) is 2.80. The molecule has 0 saturated heterocycles. The number of para-hydroxylation sites is 1. The Balaban J connectivity index is -0.000000406. The first-order chi connectivity index (χ1) is 14.9. The van der Waals surface area contributed by atoms with E-state index < -0.39 is 0 Å². The topological polar surface area (TPSA) is 4.44 Å². The molecule has 0 aliphatic rings. The molecule has 2 nitrogen and oxygen atoms in total.